The number of amides is 1. The molecule has 1 fully saturated rings. The normalized spacial score (nSPS) is 16.6. The summed E-state index contributed by atoms with van der Waals surface area (Å²) in [5.41, 5.74) is 1.88. The van der Waals surface area contributed by atoms with E-state index in [-0.39, 0.29) is 28.7 Å². The van der Waals surface area contributed by atoms with Crippen LogP contribution in [0, 0.1) is 11.6 Å². The molecular weight excluding hydrogens is 610 g/mol. The number of thioether (sulfide) groups is 1. The first-order valence-corrected chi connectivity index (χ1v) is 16.0. The zero-order chi connectivity index (χ0) is 31.9. The van der Waals surface area contributed by atoms with Gasteiger partial charge in [0, 0.05) is 29.4 Å². The number of hydrogen-bond donors (Lipinski definition) is 1. The number of benzene rings is 2. The van der Waals surface area contributed by atoms with Gasteiger partial charge in [0.1, 0.15) is 23.0 Å². The largest absolute Gasteiger partial charge is 0.348 e. The third-order valence-corrected chi connectivity index (χ3v) is 9.17. The van der Waals surface area contributed by atoms with Crippen molar-refractivity contribution in [1.29, 1.82) is 0 Å². The Bertz CT molecular complexity index is 2250. The van der Waals surface area contributed by atoms with Crippen LogP contribution in [0.5, 0.6) is 0 Å². The molecule has 12 heteroatoms. The topological polar surface area (TPSA) is 103 Å². The molecule has 0 bridgehead atoms. The molecule has 6 aromatic rings. The fourth-order valence-corrected chi connectivity index (χ4v) is 6.64. The number of rotatable bonds is 6. The molecule has 0 unspecified atom stereocenters. The highest BCUT2D eigenvalue weighted by atomic mass is 32.2. The highest BCUT2D eigenvalue weighted by molar-refractivity contribution is 7.98. The van der Waals surface area contributed by atoms with E-state index >= 15 is 0 Å². The Kier molecular flexibility index (Phi) is 7.73. The second-order valence-corrected chi connectivity index (χ2v) is 12.2. The smallest absolute Gasteiger partial charge is 0.337 e. The van der Waals surface area contributed by atoms with E-state index in [0.29, 0.717) is 37.0 Å². The van der Waals surface area contributed by atoms with Gasteiger partial charge in [-0.15, -0.1) is 11.8 Å². The minimum absolute atomic E-state index is 0.00750. The molecule has 1 aliphatic carbocycles. The number of fused-ring (bicyclic) bond motifs is 2. The molecule has 0 spiro atoms. The van der Waals surface area contributed by atoms with Gasteiger partial charge < -0.3 is 9.72 Å². The third kappa shape index (κ3) is 5.49. The van der Waals surface area contributed by atoms with E-state index in [4.69, 9.17) is 0 Å². The minimum Gasteiger partial charge on any atom is -0.348 e. The average molecular weight is 639 g/mol. The van der Waals surface area contributed by atoms with E-state index in [1.807, 2.05) is 42.7 Å². The quantitative estimate of drug-likeness (QED) is 0.232. The second-order valence-electron chi connectivity index (χ2n) is 11.3. The van der Waals surface area contributed by atoms with Crippen LogP contribution in [0.3, 0.4) is 0 Å². The molecular formula is C34H28F2N6O3S. The van der Waals surface area contributed by atoms with E-state index in [0.717, 1.165) is 28.3 Å². The van der Waals surface area contributed by atoms with Crippen LogP contribution in [0.2, 0.25) is 0 Å². The maximum absolute atomic E-state index is 14.4. The van der Waals surface area contributed by atoms with Crippen molar-refractivity contribution in [1.82, 2.24) is 28.8 Å². The first kappa shape index (κ1) is 29.6. The molecule has 7 rings (SSSR count). The number of nitrogens with zero attached hydrogens (tertiary/aromatic N) is 5. The maximum atomic E-state index is 14.4. The summed E-state index contributed by atoms with van der Waals surface area (Å²) in [5, 5.41) is 2.98. The van der Waals surface area contributed by atoms with E-state index in [1.165, 1.54) is 38.1 Å². The van der Waals surface area contributed by atoms with E-state index in [2.05, 4.69) is 21.4 Å². The van der Waals surface area contributed by atoms with Gasteiger partial charge in [0.05, 0.1) is 17.3 Å². The van der Waals surface area contributed by atoms with E-state index < -0.39 is 28.9 Å². The number of halogens is 2. The minimum atomic E-state index is -0.676. The Morgan fingerprint density at radius 3 is 2.46 bits per heavy atom. The van der Waals surface area contributed by atoms with Crippen molar-refractivity contribution in [3.05, 3.63) is 123 Å². The van der Waals surface area contributed by atoms with Crippen LogP contribution >= 0.6 is 11.8 Å². The number of carbonyl (C=O) groups excluding carboxylic acids is 1. The van der Waals surface area contributed by atoms with Crippen LogP contribution in [-0.4, -0.2) is 41.7 Å². The molecule has 1 aliphatic rings. The molecule has 1 amide bonds. The van der Waals surface area contributed by atoms with Gasteiger partial charge >= 0.3 is 5.69 Å². The van der Waals surface area contributed by atoms with Crippen molar-refractivity contribution in [3.63, 3.8) is 0 Å². The van der Waals surface area contributed by atoms with Crippen LogP contribution in [0.1, 0.15) is 42.2 Å². The van der Waals surface area contributed by atoms with Crippen molar-refractivity contribution in [3.8, 4) is 16.8 Å². The lowest BCUT2D eigenvalue weighted by Gasteiger charge is -2.30. The van der Waals surface area contributed by atoms with Crippen LogP contribution in [-0.2, 0) is 0 Å². The number of imidazole rings is 1. The Morgan fingerprint density at radius 1 is 0.913 bits per heavy atom. The fourth-order valence-electron chi connectivity index (χ4n) is 6.18. The molecule has 46 heavy (non-hydrogen) atoms. The molecule has 0 aliphatic heterocycles. The highest BCUT2D eigenvalue weighted by Gasteiger charge is 2.28. The number of pyridine rings is 2. The molecule has 2 aromatic carbocycles. The van der Waals surface area contributed by atoms with Gasteiger partial charge in [0.15, 0.2) is 5.65 Å². The van der Waals surface area contributed by atoms with Crippen molar-refractivity contribution < 1.29 is 13.6 Å². The van der Waals surface area contributed by atoms with Crippen LogP contribution in [0.25, 0.3) is 33.5 Å². The summed E-state index contributed by atoms with van der Waals surface area (Å²) in [5.74, 6) is -1.50. The van der Waals surface area contributed by atoms with Gasteiger partial charge in [-0.1, -0.05) is 24.3 Å². The van der Waals surface area contributed by atoms with Gasteiger partial charge in [-0.05, 0) is 85.5 Å². The Balaban J connectivity index is 1.20. The molecule has 0 saturated heterocycles. The summed E-state index contributed by atoms with van der Waals surface area (Å²) in [7, 11) is 0. The molecule has 232 valence electrons. The second kappa shape index (κ2) is 12.0. The van der Waals surface area contributed by atoms with Gasteiger partial charge in [-0.25, -0.2) is 28.1 Å². The molecule has 1 N–H and O–H groups in total. The molecule has 4 aromatic heterocycles. The van der Waals surface area contributed by atoms with Gasteiger partial charge in [-0.2, -0.15) is 0 Å². The first-order valence-electron chi connectivity index (χ1n) is 14.8. The summed E-state index contributed by atoms with van der Waals surface area (Å²) in [6.45, 7) is 0. The summed E-state index contributed by atoms with van der Waals surface area (Å²) in [6.07, 6.45) is 7.61. The van der Waals surface area contributed by atoms with Crippen molar-refractivity contribution in [2.75, 3.05) is 6.26 Å². The third-order valence-electron chi connectivity index (χ3n) is 8.44. The van der Waals surface area contributed by atoms with Gasteiger partial charge in [-0.3, -0.25) is 14.2 Å². The van der Waals surface area contributed by atoms with Crippen molar-refractivity contribution >= 4 is 34.3 Å². The first-order chi connectivity index (χ1) is 22.3. The lowest BCUT2D eigenvalue weighted by molar-refractivity contribution is 0.0917. The lowest BCUT2D eigenvalue weighted by atomic mass is 9.90. The average Bonchev–Trinajstić information content (AvgIpc) is 3.50. The highest BCUT2D eigenvalue weighted by Crippen LogP contribution is 2.29. The van der Waals surface area contributed by atoms with Gasteiger partial charge in [0.2, 0.25) is 0 Å². The summed E-state index contributed by atoms with van der Waals surface area (Å²) in [6, 6.07) is 18.7. The van der Waals surface area contributed by atoms with Crippen LogP contribution < -0.4 is 16.6 Å². The molecule has 0 atom stereocenters. The molecule has 1 saturated carbocycles. The van der Waals surface area contributed by atoms with Crippen molar-refractivity contribution in [2.45, 2.75) is 42.7 Å². The maximum Gasteiger partial charge on any atom is 0.337 e. The van der Waals surface area contributed by atoms with Crippen LogP contribution in [0.15, 0.2) is 99.8 Å². The SMILES string of the molecule is CSc1cccc(-c2cccc(-n3c(=O)n(C4CCC(NC(=O)c5cn6cc(F)ccc6n5)CC4)c(=O)c4cc(F)cnc43)c2)c1. The molecule has 9 nitrogen and oxygen atoms in total. The zero-order valence-electron chi connectivity index (χ0n) is 24.7. The summed E-state index contributed by atoms with van der Waals surface area (Å²) in [4.78, 5) is 50.4. The van der Waals surface area contributed by atoms with Gasteiger partial charge in [0.25, 0.3) is 11.5 Å². The number of hydrogen-bond acceptors (Lipinski definition) is 6. The lowest BCUT2D eigenvalue weighted by Crippen LogP contribution is -2.45. The molecule has 4 heterocycles. The number of nitrogens with one attached hydrogen (secondary N) is 1. The van der Waals surface area contributed by atoms with E-state index in [1.54, 1.807) is 17.8 Å². The fraction of sp³-hybridized carbons (Fsp3) is 0.206. The Labute approximate surface area is 265 Å². The monoisotopic (exact) mass is 638 g/mol. The van der Waals surface area contributed by atoms with Crippen molar-refractivity contribution in [2.24, 2.45) is 0 Å². The zero-order valence-corrected chi connectivity index (χ0v) is 25.5. The standard InChI is InChI=1S/C34H28F2N6O3S/c1-46-27-7-3-5-21(15-27)20-4-2-6-26(14-20)41-31-28(16-23(36)17-37-31)33(44)42(34(41)45)25-11-9-24(10-12-25)38-32(43)29-19-40-18-22(35)8-13-30(40)39-29/h2-8,13-19,24-25H,9-12H2,1H3,(H,38,43). The molecule has 0 radical (unpaired) electrons. The van der Waals surface area contributed by atoms with E-state index in [9.17, 15) is 23.2 Å². The predicted molar refractivity (Wildman–Crippen MR) is 173 cm³/mol. The Hall–Kier alpha value is -5.10. The van der Waals surface area contributed by atoms with Crippen LogP contribution in [0.4, 0.5) is 8.78 Å². The summed E-state index contributed by atoms with van der Waals surface area (Å²) >= 11 is 1.63. The number of aromatic nitrogens is 5. The predicted octanol–water partition coefficient (Wildman–Crippen LogP) is 5.78. The Morgan fingerprint density at radius 2 is 1.67 bits per heavy atom. The summed E-state index contributed by atoms with van der Waals surface area (Å²) < 4.78 is 32.0. The number of carbonyl (C=O) groups is 1.